The number of nitrogens with zero attached hydrogens (tertiary/aromatic N) is 5. The second-order valence-electron chi connectivity index (χ2n) is 9.97. The van der Waals surface area contributed by atoms with E-state index in [0.717, 1.165) is 21.3 Å². The molecule has 0 aliphatic heterocycles. The Hall–Kier alpha value is -2.54. The molecule has 4 rings (SSSR count). The van der Waals surface area contributed by atoms with Gasteiger partial charge in [-0.05, 0) is 13.0 Å². The molecule has 13 heteroatoms. The van der Waals surface area contributed by atoms with Crippen LogP contribution in [-0.2, 0) is 24.2 Å². The number of ether oxygens (including phenoxy) is 1. The highest BCUT2D eigenvalue weighted by Gasteiger charge is 2.56. The van der Waals surface area contributed by atoms with Crippen LogP contribution in [0.4, 0.5) is 22.0 Å². The minimum Gasteiger partial charge on any atom is -0.361 e. The largest absolute Gasteiger partial charge is 0.434 e. The summed E-state index contributed by atoms with van der Waals surface area (Å²) in [6, 6.07) is 0.882. The second-order valence-corrected chi connectivity index (χ2v) is 15.6. The van der Waals surface area contributed by atoms with Crippen LogP contribution in [-0.4, -0.2) is 44.3 Å². The highest BCUT2D eigenvalue weighted by atomic mass is 28.3. The van der Waals surface area contributed by atoms with Gasteiger partial charge in [0.2, 0.25) is 5.78 Å². The molecule has 1 aliphatic rings. The molecule has 0 aromatic carbocycles. The molecule has 0 saturated heterocycles. The average molecular weight is 504 g/mol. The van der Waals surface area contributed by atoms with E-state index in [-0.39, 0.29) is 31.0 Å². The lowest BCUT2D eigenvalue weighted by molar-refractivity contribution is -0.140. The molecular weight excluding hydrogens is 477 g/mol. The van der Waals surface area contributed by atoms with Crippen molar-refractivity contribution >= 4 is 13.9 Å². The Balaban J connectivity index is 1.71. The van der Waals surface area contributed by atoms with E-state index in [9.17, 15) is 26.7 Å². The number of rotatable bonds is 8. The van der Waals surface area contributed by atoms with Gasteiger partial charge in [0.25, 0.3) is 11.5 Å². The lowest BCUT2D eigenvalue weighted by Crippen LogP contribution is -2.24. The van der Waals surface area contributed by atoms with Gasteiger partial charge in [-0.2, -0.15) is 18.3 Å². The van der Waals surface area contributed by atoms with E-state index in [4.69, 9.17) is 4.74 Å². The van der Waals surface area contributed by atoms with E-state index < -0.39 is 42.9 Å². The molecule has 186 valence electrons. The summed E-state index contributed by atoms with van der Waals surface area (Å²) >= 11 is 0. The van der Waals surface area contributed by atoms with Crippen molar-refractivity contribution in [2.45, 2.75) is 64.4 Å². The summed E-state index contributed by atoms with van der Waals surface area (Å²) in [6.45, 7) is 8.47. The van der Waals surface area contributed by atoms with E-state index in [0.29, 0.717) is 12.3 Å². The van der Waals surface area contributed by atoms with Crippen molar-refractivity contribution in [3.05, 3.63) is 40.3 Å². The van der Waals surface area contributed by atoms with Crippen molar-refractivity contribution in [2.24, 2.45) is 5.92 Å². The van der Waals surface area contributed by atoms with Gasteiger partial charge in [0.15, 0.2) is 5.69 Å². The SMILES string of the molecule is Cc1cn2c(=O)c(-c3cnn(CC4CC4(F)F)c3)c(C(F)(F)F)nc2n1COCC[Si](C)(C)C. The normalized spacial score (nSPS) is 18.1. The van der Waals surface area contributed by atoms with E-state index in [1.807, 2.05) is 0 Å². The fraction of sp³-hybridized carbons (Fsp3) is 0.571. The number of hydrogen-bond acceptors (Lipinski definition) is 4. The summed E-state index contributed by atoms with van der Waals surface area (Å²) < 4.78 is 77.6. The molecule has 34 heavy (non-hydrogen) atoms. The van der Waals surface area contributed by atoms with Crippen LogP contribution < -0.4 is 5.56 Å². The highest BCUT2D eigenvalue weighted by Crippen LogP contribution is 2.49. The highest BCUT2D eigenvalue weighted by molar-refractivity contribution is 6.76. The number of aromatic nitrogens is 5. The zero-order valence-corrected chi connectivity index (χ0v) is 20.3. The van der Waals surface area contributed by atoms with Crippen LogP contribution in [0.3, 0.4) is 0 Å². The Morgan fingerprint density at radius 3 is 2.50 bits per heavy atom. The van der Waals surface area contributed by atoms with Crippen LogP contribution in [0.25, 0.3) is 16.9 Å². The van der Waals surface area contributed by atoms with Crippen LogP contribution in [0.1, 0.15) is 17.8 Å². The number of halogens is 5. The molecule has 1 saturated carbocycles. The Labute approximate surface area is 193 Å². The monoisotopic (exact) mass is 503 g/mol. The zero-order valence-electron chi connectivity index (χ0n) is 19.3. The first-order valence-corrected chi connectivity index (χ1v) is 14.6. The maximum absolute atomic E-state index is 14.0. The standard InChI is InChI=1S/C21H26F5N5O2Si/c1-13-9-30-18(32)16(14-8-27-29(10-14)11-15-7-20(15,22)23)17(21(24,25)26)28-19(30)31(13)12-33-5-6-34(2,3)4/h8-10,15H,5-7,11-12H2,1-4H3. The maximum Gasteiger partial charge on any atom is 0.434 e. The van der Waals surface area contributed by atoms with E-state index in [1.54, 1.807) is 6.92 Å². The summed E-state index contributed by atoms with van der Waals surface area (Å²) in [6.07, 6.45) is -1.55. The Bertz CT molecular complexity index is 1270. The van der Waals surface area contributed by atoms with Crippen molar-refractivity contribution in [1.29, 1.82) is 0 Å². The van der Waals surface area contributed by atoms with Gasteiger partial charge in [0.05, 0.1) is 11.8 Å². The molecule has 0 radical (unpaired) electrons. The van der Waals surface area contributed by atoms with E-state index >= 15 is 0 Å². The number of alkyl halides is 5. The summed E-state index contributed by atoms with van der Waals surface area (Å²) in [7, 11) is -1.35. The third kappa shape index (κ3) is 4.94. The zero-order chi connectivity index (χ0) is 25.1. The van der Waals surface area contributed by atoms with Crippen molar-refractivity contribution < 1.29 is 26.7 Å². The Kier molecular flexibility index (Phi) is 5.99. The number of imidazole rings is 1. The van der Waals surface area contributed by atoms with Crippen LogP contribution in [0.2, 0.25) is 25.7 Å². The summed E-state index contributed by atoms with van der Waals surface area (Å²) in [4.78, 5) is 17.0. The predicted molar refractivity (Wildman–Crippen MR) is 118 cm³/mol. The van der Waals surface area contributed by atoms with E-state index in [2.05, 4.69) is 29.7 Å². The van der Waals surface area contributed by atoms with Crippen molar-refractivity contribution in [3.63, 3.8) is 0 Å². The number of aryl methyl sites for hydroxylation is 1. The summed E-state index contributed by atoms with van der Waals surface area (Å²) in [5.41, 5.74) is -2.56. The molecule has 0 amide bonds. The maximum atomic E-state index is 14.0. The molecule has 1 atom stereocenters. The first kappa shape index (κ1) is 24.6. The second kappa shape index (κ2) is 8.29. The van der Waals surface area contributed by atoms with Crippen LogP contribution in [0.5, 0.6) is 0 Å². The van der Waals surface area contributed by atoms with Crippen LogP contribution in [0, 0.1) is 12.8 Å². The smallest absolute Gasteiger partial charge is 0.361 e. The Morgan fingerprint density at radius 2 is 1.91 bits per heavy atom. The summed E-state index contributed by atoms with van der Waals surface area (Å²) in [5, 5.41) is 3.89. The van der Waals surface area contributed by atoms with Crippen molar-refractivity contribution in [2.75, 3.05) is 6.61 Å². The molecule has 3 aromatic heterocycles. The minimum absolute atomic E-state index is 0.0383. The third-order valence-corrected chi connectivity index (χ3v) is 7.55. The number of fused-ring (bicyclic) bond motifs is 1. The Morgan fingerprint density at radius 1 is 1.24 bits per heavy atom. The molecule has 1 fully saturated rings. The topological polar surface area (TPSA) is 66.4 Å². The van der Waals surface area contributed by atoms with Gasteiger partial charge >= 0.3 is 6.18 Å². The van der Waals surface area contributed by atoms with Crippen LogP contribution >= 0.6 is 0 Å². The average Bonchev–Trinajstić information content (AvgIpc) is 3.02. The fourth-order valence-electron chi connectivity index (χ4n) is 3.69. The molecule has 0 bridgehead atoms. The lowest BCUT2D eigenvalue weighted by atomic mass is 10.1. The van der Waals surface area contributed by atoms with Crippen molar-refractivity contribution in [3.8, 4) is 11.1 Å². The first-order chi connectivity index (χ1) is 15.7. The third-order valence-electron chi connectivity index (χ3n) is 5.85. The van der Waals surface area contributed by atoms with Crippen LogP contribution in [0.15, 0.2) is 23.4 Å². The molecule has 1 unspecified atom stereocenters. The molecule has 7 nitrogen and oxygen atoms in total. The van der Waals surface area contributed by atoms with Crippen molar-refractivity contribution in [1.82, 2.24) is 23.7 Å². The molecule has 0 spiro atoms. The van der Waals surface area contributed by atoms with Gasteiger partial charge in [-0.25, -0.2) is 13.8 Å². The van der Waals surface area contributed by atoms with Gasteiger partial charge in [-0.3, -0.25) is 18.4 Å². The lowest BCUT2D eigenvalue weighted by Gasteiger charge is -2.16. The summed E-state index contributed by atoms with van der Waals surface area (Å²) in [5.74, 6) is -3.89. The van der Waals surface area contributed by atoms with Gasteiger partial charge in [-0.1, -0.05) is 19.6 Å². The molecule has 0 N–H and O–H groups in total. The molecular formula is C21H26F5N5O2Si. The van der Waals surface area contributed by atoms with E-state index in [1.165, 1.54) is 17.0 Å². The van der Waals surface area contributed by atoms with Gasteiger partial charge < -0.3 is 4.74 Å². The minimum atomic E-state index is -4.92. The van der Waals surface area contributed by atoms with Gasteiger partial charge in [-0.15, -0.1) is 0 Å². The van der Waals surface area contributed by atoms with Gasteiger partial charge in [0.1, 0.15) is 6.73 Å². The van der Waals surface area contributed by atoms with Gasteiger partial charge in [0, 0.05) is 57.2 Å². The molecule has 3 heterocycles. The predicted octanol–water partition coefficient (Wildman–Crippen LogP) is 4.65. The first-order valence-electron chi connectivity index (χ1n) is 10.9. The fourth-order valence-corrected chi connectivity index (χ4v) is 4.45. The molecule has 1 aliphatic carbocycles. The quantitative estimate of drug-likeness (QED) is 0.255. The molecule has 3 aromatic rings. The number of hydrogen-bond donors (Lipinski definition) is 0.